The first-order valence-electron chi connectivity index (χ1n) is 19.2. The monoisotopic (exact) mass is 714 g/mol. The average Bonchev–Trinajstić information content (AvgIpc) is 3.27. The third-order valence-corrected chi connectivity index (χ3v) is 10.8. The van der Waals surface area contributed by atoms with E-state index >= 15 is 0 Å². The molecule has 0 radical (unpaired) electrons. The van der Waals surface area contributed by atoms with E-state index in [1.165, 1.54) is 54.6 Å². The number of nitrogens with zero attached hydrogens (tertiary/aromatic N) is 2. The Morgan fingerprint density at radius 2 is 0.732 bits per heavy atom. The smallest absolute Gasteiger partial charge is 0.0560 e. The Morgan fingerprint density at radius 3 is 1.45 bits per heavy atom. The number of anilines is 6. The molecule has 0 heterocycles. The van der Waals surface area contributed by atoms with Crippen molar-refractivity contribution < 1.29 is 0 Å². The van der Waals surface area contributed by atoms with Gasteiger partial charge < -0.3 is 9.80 Å². The molecule has 10 aromatic carbocycles. The minimum absolute atomic E-state index is 1.08. The van der Waals surface area contributed by atoms with Crippen molar-refractivity contribution in [2.75, 3.05) is 9.80 Å². The Bertz CT molecular complexity index is 2950. The summed E-state index contributed by atoms with van der Waals surface area (Å²) in [5, 5.41) is 7.35. The van der Waals surface area contributed by atoms with Gasteiger partial charge in [0.05, 0.1) is 5.69 Å². The maximum absolute atomic E-state index is 2.39. The molecule has 264 valence electrons. The van der Waals surface area contributed by atoms with Crippen LogP contribution in [0.25, 0.3) is 54.6 Å². The second kappa shape index (κ2) is 14.4. The summed E-state index contributed by atoms with van der Waals surface area (Å²) in [6.07, 6.45) is 0. The molecule has 0 atom stereocenters. The highest BCUT2D eigenvalue weighted by molar-refractivity contribution is 6.03. The predicted octanol–water partition coefficient (Wildman–Crippen LogP) is 15.4. The molecule has 0 bridgehead atoms. The largest absolute Gasteiger partial charge is 0.310 e. The average molecular weight is 715 g/mol. The minimum atomic E-state index is 1.08. The molecule has 0 aromatic heterocycles. The molecule has 0 spiro atoms. The zero-order chi connectivity index (χ0) is 37.3. The summed E-state index contributed by atoms with van der Waals surface area (Å²) in [6, 6.07) is 83.2. The van der Waals surface area contributed by atoms with E-state index < -0.39 is 0 Å². The fourth-order valence-corrected chi connectivity index (χ4v) is 8.06. The maximum atomic E-state index is 2.39. The van der Waals surface area contributed by atoms with Gasteiger partial charge in [-0.15, -0.1) is 0 Å². The lowest BCUT2D eigenvalue weighted by atomic mass is 9.98. The summed E-state index contributed by atoms with van der Waals surface area (Å²) in [6.45, 7) is 0. The van der Waals surface area contributed by atoms with Crippen LogP contribution in [-0.2, 0) is 0 Å². The first-order chi connectivity index (χ1) is 27.8. The van der Waals surface area contributed by atoms with Gasteiger partial charge in [0.25, 0.3) is 0 Å². The molecule has 0 saturated heterocycles. The molecule has 0 aliphatic rings. The van der Waals surface area contributed by atoms with E-state index in [-0.39, 0.29) is 0 Å². The summed E-state index contributed by atoms with van der Waals surface area (Å²) in [4.78, 5) is 4.76. The molecular weight excluding hydrogens is 677 g/mol. The van der Waals surface area contributed by atoms with Gasteiger partial charge in [-0.25, -0.2) is 0 Å². The molecule has 0 unspecified atom stereocenters. The Balaban J connectivity index is 1.11. The van der Waals surface area contributed by atoms with Crippen molar-refractivity contribution in [1.82, 2.24) is 0 Å². The van der Waals surface area contributed by atoms with Crippen molar-refractivity contribution in [1.29, 1.82) is 0 Å². The summed E-state index contributed by atoms with van der Waals surface area (Å²) in [5.74, 6) is 0. The summed E-state index contributed by atoms with van der Waals surface area (Å²) in [5.41, 5.74) is 11.4. The van der Waals surface area contributed by atoms with Gasteiger partial charge in [-0.2, -0.15) is 0 Å². The van der Waals surface area contributed by atoms with Crippen LogP contribution in [0, 0.1) is 0 Å². The van der Waals surface area contributed by atoms with Crippen LogP contribution in [0.15, 0.2) is 231 Å². The van der Waals surface area contributed by atoms with Gasteiger partial charge >= 0.3 is 0 Å². The Hall–Kier alpha value is -7.42. The zero-order valence-electron chi connectivity index (χ0n) is 30.8. The summed E-state index contributed by atoms with van der Waals surface area (Å²) in [7, 11) is 0. The first-order valence-corrected chi connectivity index (χ1v) is 19.2. The summed E-state index contributed by atoms with van der Waals surface area (Å²) < 4.78 is 0. The van der Waals surface area contributed by atoms with Crippen LogP contribution in [0.2, 0.25) is 0 Å². The Labute approximate surface area is 327 Å². The van der Waals surface area contributed by atoms with Gasteiger partial charge in [0.15, 0.2) is 0 Å². The number of hydrogen-bond acceptors (Lipinski definition) is 2. The van der Waals surface area contributed by atoms with Crippen molar-refractivity contribution in [3.63, 3.8) is 0 Å². The van der Waals surface area contributed by atoms with Crippen LogP contribution >= 0.6 is 0 Å². The van der Waals surface area contributed by atoms with Crippen molar-refractivity contribution >= 4 is 66.4 Å². The van der Waals surface area contributed by atoms with Gasteiger partial charge in [-0.1, -0.05) is 164 Å². The molecule has 0 aliphatic heterocycles. The van der Waals surface area contributed by atoms with Crippen molar-refractivity contribution in [2.45, 2.75) is 0 Å². The standard InChI is InChI=1S/C54H38N2/c1-3-19-46(20-4-1)55(48-34-30-42(31-35-48)52-25-13-18-41-15-9-11-23-51(41)52)50-37-45-17-10-12-24-53(45)54(38-50)56(47-21-5-2-6-22-47)49-32-28-40(29-33-49)44-27-26-39-14-7-8-16-43(39)36-44/h1-38H. The van der Waals surface area contributed by atoms with E-state index in [0.717, 1.165) is 34.1 Å². The molecule has 2 nitrogen and oxygen atoms in total. The molecule has 0 fully saturated rings. The summed E-state index contributed by atoms with van der Waals surface area (Å²) >= 11 is 0. The number of rotatable bonds is 8. The Morgan fingerprint density at radius 1 is 0.232 bits per heavy atom. The zero-order valence-corrected chi connectivity index (χ0v) is 30.8. The molecule has 0 saturated carbocycles. The lowest BCUT2D eigenvalue weighted by Gasteiger charge is -2.31. The van der Waals surface area contributed by atoms with E-state index in [1.807, 2.05) is 0 Å². The van der Waals surface area contributed by atoms with Crippen molar-refractivity contribution in [3.05, 3.63) is 231 Å². The van der Waals surface area contributed by atoms with Crippen LogP contribution in [-0.4, -0.2) is 0 Å². The second-order valence-corrected chi connectivity index (χ2v) is 14.2. The maximum Gasteiger partial charge on any atom is 0.0560 e. The lowest BCUT2D eigenvalue weighted by molar-refractivity contribution is 1.26. The SMILES string of the molecule is c1ccc(N(c2ccc(-c3cccc4ccccc34)cc2)c2cc(N(c3ccccc3)c3ccc(-c4ccc5ccccc5c4)cc3)c3ccccc3c2)cc1. The third kappa shape index (κ3) is 6.24. The van der Waals surface area contributed by atoms with Gasteiger partial charge in [-0.3, -0.25) is 0 Å². The van der Waals surface area contributed by atoms with Crippen LogP contribution in [0.3, 0.4) is 0 Å². The highest BCUT2D eigenvalue weighted by Crippen LogP contribution is 2.45. The van der Waals surface area contributed by atoms with Crippen LogP contribution in [0.1, 0.15) is 0 Å². The minimum Gasteiger partial charge on any atom is -0.310 e. The fourth-order valence-electron chi connectivity index (χ4n) is 8.06. The first kappa shape index (κ1) is 33.2. The van der Waals surface area contributed by atoms with E-state index in [2.05, 4.69) is 240 Å². The number of para-hydroxylation sites is 2. The van der Waals surface area contributed by atoms with Crippen LogP contribution in [0.4, 0.5) is 34.1 Å². The lowest BCUT2D eigenvalue weighted by Crippen LogP contribution is -2.13. The fraction of sp³-hybridized carbons (Fsp3) is 0. The molecule has 56 heavy (non-hydrogen) atoms. The topological polar surface area (TPSA) is 6.48 Å². The quantitative estimate of drug-likeness (QED) is 0.155. The molecule has 10 aromatic rings. The van der Waals surface area contributed by atoms with E-state index in [4.69, 9.17) is 0 Å². The van der Waals surface area contributed by atoms with Crippen molar-refractivity contribution in [3.8, 4) is 22.3 Å². The molecule has 0 aliphatic carbocycles. The van der Waals surface area contributed by atoms with Gasteiger partial charge in [0, 0.05) is 33.8 Å². The molecule has 0 amide bonds. The van der Waals surface area contributed by atoms with Gasteiger partial charge in [-0.05, 0) is 116 Å². The Kier molecular flexibility index (Phi) is 8.55. The van der Waals surface area contributed by atoms with Gasteiger partial charge in [0.1, 0.15) is 0 Å². The van der Waals surface area contributed by atoms with Crippen LogP contribution < -0.4 is 9.80 Å². The number of hydrogen-bond donors (Lipinski definition) is 0. The molecular formula is C54H38N2. The van der Waals surface area contributed by atoms with Gasteiger partial charge in [0.2, 0.25) is 0 Å². The molecule has 2 heteroatoms. The number of benzene rings is 10. The number of fused-ring (bicyclic) bond motifs is 3. The van der Waals surface area contributed by atoms with E-state index in [1.54, 1.807) is 0 Å². The van der Waals surface area contributed by atoms with Crippen molar-refractivity contribution in [2.24, 2.45) is 0 Å². The molecule has 10 rings (SSSR count). The highest BCUT2D eigenvalue weighted by atomic mass is 15.2. The third-order valence-electron chi connectivity index (χ3n) is 10.8. The van der Waals surface area contributed by atoms with E-state index in [9.17, 15) is 0 Å². The van der Waals surface area contributed by atoms with Crippen LogP contribution in [0.5, 0.6) is 0 Å². The normalized spacial score (nSPS) is 11.2. The van der Waals surface area contributed by atoms with E-state index in [0.29, 0.717) is 0 Å². The molecule has 0 N–H and O–H groups in total. The predicted molar refractivity (Wildman–Crippen MR) is 239 cm³/mol. The highest BCUT2D eigenvalue weighted by Gasteiger charge is 2.20. The second-order valence-electron chi connectivity index (χ2n) is 14.2.